The van der Waals surface area contributed by atoms with Gasteiger partial charge in [-0.3, -0.25) is 0 Å². The topological polar surface area (TPSA) is 37.3 Å². The van der Waals surface area contributed by atoms with Gasteiger partial charge in [-0.25, -0.2) is 4.21 Å². The normalized spacial score (nSPS) is 15.4. The van der Waals surface area contributed by atoms with Crippen LogP contribution < -0.4 is 0 Å². The number of hydrogen-bond acceptors (Lipinski definition) is 2. The predicted octanol–water partition coefficient (Wildman–Crippen LogP) is 2.39. The Morgan fingerprint density at radius 3 is 2.53 bits per heavy atom. The summed E-state index contributed by atoms with van der Waals surface area (Å²) < 4.78 is 11.7. The van der Waals surface area contributed by atoms with Crippen molar-refractivity contribution < 1.29 is 9.32 Å². The Bertz CT molecular complexity index is 354. The first-order valence-corrected chi connectivity index (χ1v) is 6.18. The molecular weight excluding hydrogens is 208 g/mol. The molecule has 1 aromatic carbocycles. The first-order chi connectivity index (χ1) is 7.13. The van der Waals surface area contributed by atoms with E-state index in [0.29, 0.717) is 6.42 Å². The van der Waals surface area contributed by atoms with Crippen molar-refractivity contribution in [3.63, 3.8) is 0 Å². The average Bonchev–Trinajstić information content (AvgIpc) is 2.26. The third-order valence-corrected chi connectivity index (χ3v) is 3.24. The summed E-state index contributed by atoms with van der Waals surface area (Å²) in [4.78, 5) is 0.764. The van der Waals surface area contributed by atoms with Crippen molar-refractivity contribution in [1.82, 2.24) is 0 Å². The molecule has 0 saturated heterocycles. The van der Waals surface area contributed by atoms with Gasteiger partial charge in [-0.2, -0.15) is 0 Å². The number of aryl methyl sites for hydroxylation is 1. The maximum Gasteiger partial charge on any atom is 0.0773 e. The molecule has 15 heavy (non-hydrogen) atoms. The van der Waals surface area contributed by atoms with E-state index >= 15 is 0 Å². The number of benzene rings is 1. The maximum atomic E-state index is 11.7. The van der Waals surface area contributed by atoms with Crippen molar-refractivity contribution in [2.75, 3.05) is 0 Å². The summed E-state index contributed by atoms with van der Waals surface area (Å²) >= 11 is 0. The Morgan fingerprint density at radius 1 is 1.40 bits per heavy atom. The molecule has 2 nitrogen and oxygen atoms in total. The van der Waals surface area contributed by atoms with E-state index in [1.807, 2.05) is 38.1 Å². The Hall–Kier alpha value is -0.930. The molecule has 1 rings (SSSR count). The summed E-state index contributed by atoms with van der Waals surface area (Å²) in [5, 5.41) is 10.8. The zero-order valence-electron chi connectivity index (χ0n) is 9.01. The van der Waals surface area contributed by atoms with Crippen molar-refractivity contribution in [3.8, 4) is 0 Å². The second-order valence-electron chi connectivity index (χ2n) is 3.41. The van der Waals surface area contributed by atoms with Crippen LogP contribution in [0.5, 0.6) is 0 Å². The van der Waals surface area contributed by atoms with Crippen LogP contribution in [0, 0.1) is 6.92 Å². The van der Waals surface area contributed by atoms with Gasteiger partial charge in [-0.1, -0.05) is 24.6 Å². The minimum absolute atomic E-state index is 0.501. The van der Waals surface area contributed by atoms with Gasteiger partial charge in [0.1, 0.15) is 0 Å². The van der Waals surface area contributed by atoms with Crippen molar-refractivity contribution in [3.05, 3.63) is 41.3 Å². The van der Waals surface area contributed by atoms with Crippen molar-refractivity contribution >= 4 is 10.8 Å². The molecule has 1 unspecified atom stereocenters. The highest BCUT2D eigenvalue weighted by atomic mass is 32.2. The second-order valence-corrected chi connectivity index (χ2v) is 4.75. The van der Waals surface area contributed by atoms with Gasteiger partial charge in [-0.15, -0.1) is 0 Å². The molecule has 82 valence electrons. The zero-order valence-corrected chi connectivity index (χ0v) is 9.83. The van der Waals surface area contributed by atoms with Crippen LogP contribution in [0.3, 0.4) is 0 Å². The van der Waals surface area contributed by atoms with Crippen molar-refractivity contribution in [1.29, 1.82) is 0 Å². The van der Waals surface area contributed by atoms with Gasteiger partial charge in [-0.05, 0) is 31.6 Å². The molecule has 1 N–H and O–H groups in total. The molecule has 0 radical (unpaired) electrons. The summed E-state index contributed by atoms with van der Waals surface area (Å²) in [7, 11) is -1.15. The molecule has 1 aromatic rings. The lowest BCUT2D eigenvalue weighted by atomic mass is 10.2. The average molecular weight is 224 g/mol. The minimum atomic E-state index is -1.15. The third kappa shape index (κ3) is 3.98. The van der Waals surface area contributed by atoms with Crippen molar-refractivity contribution in [2.45, 2.75) is 31.3 Å². The maximum absolute atomic E-state index is 11.7. The molecule has 0 aliphatic heterocycles. The summed E-state index contributed by atoms with van der Waals surface area (Å²) in [6.45, 7) is 3.87. The minimum Gasteiger partial charge on any atom is -0.389 e. The lowest BCUT2D eigenvalue weighted by molar-refractivity contribution is 0.219. The van der Waals surface area contributed by atoms with Crippen LogP contribution in [0.15, 0.2) is 40.6 Å². The monoisotopic (exact) mass is 224 g/mol. The van der Waals surface area contributed by atoms with Crippen LogP contribution >= 0.6 is 0 Å². The summed E-state index contributed by atoms with van der Waals surface area (Å²) in [5.41, 5.74) is 1.15. The van der Waals surface area contributed by atoms with Crippen LogP contribution in [0.1, 0.15) is 18.9 Å². The van der Waals surface area contributed by atoms with Crippen LogP contribution in [0.25, 0.3) is 0 Å². The van der Waals surface area contributed by atoms with Gasteiger partial charge in [0.25, 0.3) is 0 Å². The molecule has 0 bridgehead atoms. The molecule has 2 atom stereocenters. The first kappa shape index (κ1) is 12.1. The highest BCUT2D eigenvalue weighted by Gasteiger charge is 2.00. The van der Waals surface area contributed by atoms with E-state index in [-0.39, 0.29) is 0 Å². The Morgan fingerprint density at radius 2 is 2.00 bits per heavy atom. The predicted molar refractivity (Wildman–Crippen MR) is 63.0 cm³/mol. The van der Waals surface area contributed by atoms with Gasteiger partial charge in [0, 0.05) is 10.3 Å². The molecule has 0 spiro atoms. The first-order valence-electron chi connectivity index (χ1n) is 4.97. The lowest BCUT2D eigenvalue weighted by Crippen LogP contribution is -1.99. The highest BCUT2D eigenvalue weighted by Crippen LogP contribution is 2.09. The fourth-order valence-corrected chi connectivity index (χ4v) is 1.93. The van der Waals surface area contributed by atoms with Crippen LogP contribution in [-0.2, 0) is 10.8 Å². The lowest BCUT2D eigenvalue weighted by Gasteiger charge is -2.00. The SMILES string of the molecule is CCC(O)/C=C/[S@@](=O)c1ccc(C)cc1. The van der Waals surface area contributed by atoms with E-state index in [0.717, 1.165) is 10.5 Å². The Balaban J connectivity index is 2.69. The summed E-state index contributed by atoms with van der Waals surface area (Å²) in [5.74, 6) is 0. The van der Waals surface area contributed by atoms with Crippen molar-refractivity contribution in [2.24, 2.45) is 0 Å². The number of hydrogen-bond donors (Lipinski definition) is 1. The zero-order chi connectivity index (χ0) is 11.3. The molecule has 0 saturated carbocycles. The van der Waals surface area contributed by atoms with E-state index in [2.05, 4.69) is 0 Å². The third-order valence-electron chi connectivity index (χ3n) is 2.10. The fraction of sp³-hybridized carbons (Fsp3) is 0.333. The molecule has 0 fully saturated rings. The Labute approximate surface area is 93.1 Å². The van der Waals surface area contributed by atoms with E-state index in [1.165, 1.54) is 0 Å². The van der Waals surface area contributed by atoms with Crippen LogP contribution in [-0.4, -0.2) is 15.4 Å². The van der Waals surface area contributed by atoms with E-state index in [4.69, 9.17) is 0 Å². The van der Waals surface area contributed by atoms with Gasteiger partial charge in [0.15, 0.2) is 0 Å². The quantitative estimate of drug-likeness (QED) is 0.852. The van der Waals surface area contributed by atoms with Gasteiger partial charge >= 0.3 is 0 Å². The largest absolute Gasteiger partial charge is 0.389 e. The van der Waals surface area contributed by atoms with Crippen LogP contribution in [0.4, 0.5) is 0 Å². The van der Waals surface area contributed by atoms with E-state index in [9.17, 15) is 9.32 Å². The van der Waals surface area contributed by atoms with Gasteiger partial charge < -0.3 is 5.11 Å². The Kier molecular flexibility index (Phi) is 4.72. The molecule has 0 heterocycles. The second kappa shape index (κ2) is 5.83. The summed E-state index contributed by atoms with van der Waals surface area (Å²) in [6.07, 6.45) is 1.72. The highest BCUT2D eigenvalue weighted by molar-refractivity contribution is 7.88. The molecular formula is C12H16O2S. The van der Waals surface area contributed by atoms with Gasteiger partial charge in [0.2, 0.25) is 0 Å². The number of aliphatic hydroxyl groups excluding tert-OH is 1. The molecule has 3 heteroatoms. The number of rotatable bonds is 4. The molecule has 0 aliphatic rings. The standard InChI is InChI=1S/C12H16O2S/c1-3-11(13)8-9-15(14)12-6-4-10(2)5-7-12/h4-9,11,13H,3H2,1-2H3/b9-8+/t11?,15-/m1/s1. The summed E-state index contributed by atoms with van der Waals surface area (Å²) in [6, 6.07) is 7.54. The van der Waals surface area contributed by atoms with E-state index < -0.39 is 16.9 Å². The molecule has 0 aliphatic carbocycles. The smallest absolute Gasteiger partial charge is 0.0773 e. The fourth-order valence-electron chi connectivity index (χ4n) is 1.05. The van der Waals surface area contributed by atoms with Gasteiger partial charge in [0.05, 0.1) is 16.9 Å². The molecule has 0 aromatic heterocycles. The van der Waals surface area contributed by atoms with Crippen LogP contribution in [0.2, 0.25) is 0 Å². The van der Waals surface area contributed by atoms with E-state index in [1.54, 1.807) is 11.5 Å². The molecule has 0 amide bonds. The number of aliphatic hydroxyl groups is 1.